The van der Waals surface area contributed by atoms with E-state index in [1.807, 2.05) is 0 Å². The van der Waals surface area contributed by atoms with E-state index in [1.165, 1.54) is 0 Å². The van der Waals surface area contributed by atoms with Crippen molar-refractivity contribution in [2.24, 2.45) is 0 Å². The standard InChI is InChI=1S/C8H2BrCl5/c9-2-1-3-4(10)6(12)8(14)7(13)5(3)11/h1-2H. The summed E-state index contributed by atoms with van der Waals surface area (Å²) < 4.78 is 0. The van der Waals surface area contributed by atoms with Crippen LogP contribution in [0.3, 0.4) is 0 Å². The number of hydrogen-bond acceptors (Lipinski definition) is 0. The van der Waals surface area contributed by atoms with Crippen molar-refractivity contribution in [1.29, 1.82) is 0 Å². The Morgan fingerprint density at radius 3 is 1.43 bits per heavy atom. The fourth-order valence-corrected chi connectivity index (χ4v) is 2.37. The van der Waals surface area contributed by atoms with Crippen LogP contribution in [0.15, 0.2) is 4.99 Å². The normalized spacial score (nSPS) is 11.3. The van der Waals surface area contributed by atoms with Gasteiger partial charge in [0, 0.05) is 5.56 Å². The predicted octanol–water partition coefficient (Wildman–Crippen LogP) is 6.32. The second kappa shape index (κ2) is 5.29. The van der Waals surface area contributed by atoms with Crippen molar-refractivity contribution < 1.29 is 0 Å². The van der Waals surface area contributed by atoms with Gasteiger partial charge in [-0.1, -0.05) is 73.9 Å². The predicted molar refractivity (Wildman–Crippen MR) is 69.5 cm³/mol. The first kappa shape index (κ1) is 13.0. The highest BCUT2D eigenvalue weighted by molar-refractivity contribution is 9.11. The van der Waals surface area contributed by atoms with Gasteiger partial charge in [0.1, 0.15) is 0 Å². The van der Waals surface area contributed by atoms with Crippen LogP contribution in [-0.4, -0.2) is 0 Å². The Kier molecular flexibility index (Phi) is 4.89. The van der Waals surface area contributed by atoms with Gasteiger partial charge in [0.25, 0.3) is 0 Å². The van der Waals surface area contributed by atoms with Crippen LogP contribution in [0.4, 0.5) is 0 Å². The Balaban J connectivity index is 3.59. The lowest BCUT2D eigenvalue weighted by Crippen LogP contribution is -1.84. The summed E-state index contributed by atoms with van der Waals surface area (Å²) in [7, 11) is 0. The molecule has 1 aromatic rings. The minimum absolute atomic E-state index is 0.162. The molecular formula is C8H2BrCl5. The molecule has 6 heteroatoms. The first-order valence-electron chi connectivity index (χ1n) is 3.29. The van der Waals surface area contributed by atoms with Crippen LogP contribution in [0.5, 0.6) is 0 Å². The molecule has 0 atom stereocenters. The zero-order valence-electron chi connectivity index (χ0n) is 6.42. The van der Waals surface area contributed by atoms with E-state index >= 15 is 0 Å². The number of rotatable bonds is 1. The molecule has 0 bridgehead atoms. The lowest BCUT2D eigenvalue weighted by atomic mass is 10.2. The molecule has 0 aliphatic heterocycles. The van der Waals surface area contributed by atoms with Crippen molar-refractivity contribution in [2.45, 2.75) is 0 Å². The SMILES string of the molecule is Clc1c(Cl)c(Cl)c(C=CBr)c(Cl)c1Cl. The first-order valence-corrected chi connectivity index (χ1v) is 6.09. The topological polar surface area (TPSA) is 0 Å². The van der Waals surface area contributed by atoms with E-state index in [0.29, 0.717) is 5.56 Å². The van der Waals surface area contributed by atoms with E-state index in [1.54, 1.807) is 11.1 Å². The van der Waals surface area contributed by atoms with Gasteiger partial charge in [-0.2, -0.15) is 0 Å². The summed E-state index contributed by atoms with van der Waals surface area (Å²) in [5.41, 5.74) is 0.532. The van der Waals surface area contributed by atoms with E-state index in [0.717, 1.165) is 0 Å². The monoisotopic (exact) mass is 352 g/mol. The van der Waals surface area contributed by atoms with E-state index < -0.39 is 0 Å². The van der Waals surface area contributed by atoms with Crippen LogP contribution in [0.1, 0.15) is 5.56 Å². The Morgan fingerprint density at radius 1 is 0.714 bits per heavy atom. The van der Waals surface area contributed by atoms with Crippen LogP contribution < -0.4 is 0 Å². The smallest absolute Gasteiger partial charge is 0.0809 e. The molecule has 0 unspecified atom stereocenters. The Labute approximate surface area is 115 Å². The molecule has 0 nitrogen and oxygen atoms in total. The lowest BCUT2D eigenvalue weighted by molar-refractivity contribution is 1.65. The molecule has 0 aromatic heterocycles. The molecule has 0 N–H and O–H groups in total. The van der Waals surface area contributed by atoms with E-state index in [9.17, 15) is 0 Å². The zero-order chi connectivity index (χ0) is 10.9. The summed E-state index contributed by atoms with van der Waals surface area (Å²) in [5, 5.41) is 1.12. The molecule has 0 aliphatic rings. The highest BCUT2D eigenvalue weighted by Crippen LogP contribution is 2.44. The molecule has 0 saturated heterocycles. The van der Waals surface area contributed by atoms with Gasteiger partial charge < -0.3 is 0 Å². The summed E-state index contributed by atoms with van der Waals surface area (Å²) in [6.45, 7) is 0. The van der Waals surface area contributed by atoms with Crippen molar-refractivity contribution in [3.8, 4) is 0 Å². The largest absolute Gasteiger partial charge is 0.0819 e. The van der Waals surface area contributed by atoms with E-state index in [4.69, 9.17) is 58.0 Å². The highest BCUT2D eigenvalue weighted by Gasteiger charge is 2.17. The average molecular weight is 355 g/mol. The molecule has 0 radical (unpaired) electrons. The molecule has 1 rings (SSSR count). The van der Waals surface area contributed by atoms with Crippen LogP contribution in [-0.2, 0) is 0 Å². The van der Waals surface area contributed by atoms with Gasteiger partial charge >= 0.3 is 0 Å². The average Bonchev–Trinajstić information content (AvgIpc) is 2.19. The van der Waals surface area contributed by atoms with Crippen LogP contribution in [0.25, 0.3) is 6.08 Å². The van der Waals surface area contributed by atoms with Gasteiger partial charge in [0.05, 0.1) is 25.1 Å². The molecule has 1 aromatic carbocycles. The van der Waals surface area contributed by atoms with Crippen molar-refractivity contribution in [3.63, 3.8) is 0 Å². The third-order valence-electron chi connectivity index (χ3n) is 1.47. The Bertz CT molecular complexity index is 370. The maximum atomic E-state index is 5.92. The minimum Gasteiger partial charge on any atom is -0.0819 e. The second-order valence-corrected chi connectivity index (χ2v) is 4.69. The molecule has 76 valence electrons. The van der Waals surface area contributed by atoms with Crippen LogP contribution >= 0.6 is 73.9 Å². The van der Waals surface area contributed by atoms with Gasteiger partial charge in [-0.3, -0.25) is 0 Å². The number of hydrogen-bond donors (Lipinski definition) is 0. The molecule has 0 fully saturated rings. The highest BCUT2D eigenvalue weighted by atomic mass is 79.9. The maximum absolute atomic E-state index is 5.92. The van der Waals surface area contributed by atoms with E-state index in [-0.39, 0.29) is 25.1 Å². The number of halogens is 6. The van der Waals surface area contributed by atoms with Crippen molar-refractivity contribution in [3.05, 3.63) is 35.7 Å². The minimum atomic E-state index is 0.162. The molecule has 0 aliphatic carbocycles. The van der Waals surface area contributed by atoms with Crippen molar-refractivity contribution in [2.75, 3.05) is 0 Å². The van der Waals surface area contributed by atoms with Gasteiger partial charge in [-0.25, -0.2) is 0 Å². The van der Waals surface area contributed by atoms with E-state index in [2.05, 4.69) is 15.9 Å². The van der Waals surface area contributed by atoms with Gasteiger partial charge in [0.2, 0.25) is 0 Å². The molecular weight excluding hydrogens is 353 g/mol. The molecule has 0 amide bonds. The van der Waals surface area contributed by atoms with Gasteiger partial charge in [-0.15, -0.1) is 0 Å². The van der Waals surface area contributed by atoms with Crippen molar-refractivity contribution >= 4 is 80.0 Å². The third kappa shape index (κ3) is 2.34. The first-order chi connectivity index (χ1) is 6.50. The Hall–Kier alpha value is 0.890. The maximum Gasteiger partial charge on any atom is 0.0809 e. The summed E-state index contributed by atoms with van der Waals surface area (Å²) in [5.74, 6) is 0. The van der Waals surface area contributed by atoms with Gasteiger partial charge in [0.15, 0.2) is 0 Å². The molecule has 0 saturated carbocycles. The zero-order valence-corrected chi connectivity index (χ0v) is 11.8. The quantitative estimate of drug-likeness (QED) is 0.408. The fourth-order valence-electron chi connectivity index (χ4n) is 0.831. The fraction of sp³-hybridized carbons (Fsp3) is 0. The Morgan fingerprint density at radius 2 is 1.07 bits per heavy atom. The molecule has 0 heterocycles. The number of benzene rings is 1. The van der Waals surface area contributed by atoms with Crippen LogP contribution in [0, 0.1) is 0 Å². The van der Waals surface area contributed by atoms with Crippen molar-refractivity contribution in [1.82, 2.24) is 0 Å². The second-order valence-electron chi connectivity index (χ2n) is 2.28. The molecule has 0 spiro atoms. The molecule has 14 heavy (non-hydrogen) atoms. The lowest BCUT2D eigenvalue weighted by Gasteiger charge is -2.08. The summed E-state index contributed by atoms with van der Waals surface area (Å²) in [6.07, 6.45) is 1.64. The van der Waals surface area contributed by atoms with Gasteiger partial charge in [-0.05, 0) is 11.1 Å². The summed E-state index contributed by atoms with van der Waals surface area (Å²) in [6, 6.07) is 0. The summed E-state index contributed by atoms with van der Waals surface area (Å²) in [4.78, 5) is 1.60. The third-order valence-corrected chi connectivity index (χ3v) is 4.04. The summed E-state index contributed by atoms with van der Waals surface area (Å²) >= 11 is 32.4. The van der Waals surface area contributed by atoms with Crippen LogP contribution in [0.2, 0.25) is 25.1 Å².